The van der Waals surface area contributed by atoms with E-state index in [-0.39, 0.29) is 31.1 Å². The van der Waals surface area contributed by atoms with Gasteiger partial charge < -0.3 is 14.2 Å². The molecule has 74 heavy (non-hydrogen) atoms. The second kappa shape index (κ2) is 62.1. The van der Waals surface area contributed by atoms with Crippen LogP contribution in [0.4, 0.5) is 0 Å². The zero-order chi connectivity index (χ0) is 53.6. The molecule has 426 valence electrons. The molecule has 0 aliphatic heterocycles. The highest BCUT2D eigenvalue weighted by atomic mass is 16.6. The number of carbonyl (C=O) groups is 3. The van der Waals surface area contributed by atoms with Gasteiger partial charge in [0.2, 0.25) is 0 Å². The van der Waals surface area contributed by atoms with Crippen LogP contribution >= 0.6 is 0 Å². The Kier molecular flexibility index (Phi) is 59.3. The second-order valence-corrected chi connectivity index (χ2v) is 20.9. The van der Waals surface area contributed by atoms with Crippen molar-refractivity contribution in [3.63, 3.8) is 0 Å². The topological polar surface area (TPSA) is 78.9 Å². The number of hydrogen-bond donors (Lipinski definition) is 0. The van der Waals surface area contributed by atoms with Crippen molar-refractivity contribution in [3.05, 3.63) is 85.1 Å². The minimum Gasteiger partial charge on any atom is -0.462 e. The molecule has 1 unspecified atom stereocenters. The van der Waals surface area contributed by atoms with E-state index in [4.69, 9.17) is 14.2 Å². The van der Waals surface area contributed by atoms with Crippen molar-refractivity contribution in [1.82, 2.24) is 0 Å². The van der Waals surface area contributed by atoms with E-state index in [1.54, 1.807) is 0 Å². The molecule has 1 atom stereocenters. The molecule has 0 rings (SSSR count). The maximum Gasteiger partial charge on any atom is 0.306 e. The van der Waals surface area contributed by atoms with Crippen molar-refractivity contribution in [1.29, 1.82) is 0 Å². The van der Waals surface area contributed by atoms with Crippen molar-refractivity contribution in [2.45, 2.75) is 316 Å². The Morgan fingerprint density at radius 1 is 0.284 bits per heavy atom. The van der Waals surface area contributed by atoms with Gasteiger partial charge in [-0.3, -0.25) is 14.4 Å². The smallest absolute Gasteiger partial charge is 0.306 e. The molecule has 0 saturated heterocycles. The van der Waals surface area contributed by atoms with Crippen LogP contribution in [-0.4, -0.2) is 37.2 Å². The Morgan fingerprint density at radius 2 is 0.527 bits per heavy atom. The van der Waals surface area contributed by atoms with E-state index in [2.05, 4.69) is 106 Å². The van der Waals surface area contributed by atoms with Crippen molar-refractivity contribution in [2.24, 2.45) is 0 Å². The average molecular weight is 1030 g/mol. The maximum absolute atomic E-state index is 12.8. The minimum absolute atomic E-state index is 0.0753. The molecule has 0 spiro atoms. The number of hydrogen-bond acceptors (Lipinski definition) is 6. The summed E-state index contributed by atoms with van der Waals surface area (Å²) < 4.78 is 16.8. The fourth-order valence-corrected chi connectivity index (χ4v) is 8.91. The number of carbonyl (C=O) groups excluding carboxylic acids is 3. The van der Waals surface area contributed by atoms with Gasteiger partial charge in [-0.05, 0) is 96.3 Å². The molecular weight excluding hydrogens is 913 g/mol. The number of unbranched alkanes of at least 4 members (excludes halogenated alkanes) is 32. The molecule has 0 bridgehead atoms. The van der Waals surface area contributed by atoms with Gasteiger partial charge in [-0.2, -0.15) is 0 Å². The largest absolute Gasteiger partial charge is 0.462 e. The van der Waals surface area contributed by atoms with Crippen LogP contribution < -0.4 is 0 Å². The second-order valence-electron chi connectivity index (χ2n) is 20.9. The number of ether oxygens (including phenoxy) is 3. The number of allylic oxidation sites excluding steroid dienone is 14. The molecule has 0 heterocycles. The van der Waals surface area contributed by atoms with Crippen LogP contribution in [0.25, 0.3) is 0 Å². The Labute approximate surface area is 458 Å². The predicted octanol–water partition coefficient (Wildman–Crippen LogP) is 21.5. The van der Waals surface area contributed by atoms with Gasteiger partial charge in [-0.25, -0.2) is 0 Å². The van der Waals surface area contributed by atoms with Gasteiger partial charge in [0.05, 0.1) is 0 Å². The first kappa shape index (κ1) is 70.6. The van der Waals surface area contributed by atoms with Crippen LogP contribution in [0.15, 0.2) is 85.1 Å². The number of rotatable bonds is 57. The van der Waals surface area contributed by atoms with Crippen LogP contribution in [-0.2, 0) is 28.6 Å². The molecule has 0 saturated carbocycles. The molecule has 0 fully saturated rings. The third-order valence-electron chi connectivity index (χ3n) is 13.6. The van der Waals surface area contributed by atoms with E-state index >= 15 is 0 Å². The summed E-state index contributed by atoms with van der Waals surface area (Å²) in [5.41, 5.74) is 0. The molecule has 0 aliphatic rings. The van der Waals surface area contributed by atoms with Crippen LogP contribution in [0.2, 0.25) is 0 Å². The summed E-state index contributed by atoms with van der Waals surface area (Å²) in [4.78, 5) is 38.0. The van der Waals surface area contributed by atoms with Crippen molar-refractivity contribution < 1.29 is 28.6 Å². The molecular formula is C68H118O6. The SMILES string of the molecule is CC/C=C\C/C=C\C/C=C\C/C=C\C/C=C\CCCCCCCCCCCCCCCCCC(=O)OCC(COC(=O)CCCCCCCC)OC(=O)CCCCCCCCCCC/C=C\C/C=C\CCCCC. The summed E-state index contributed by atoms with van der Waals surface area (Å²) in [5, 5.41) is 0. The average Bonchev–Trinajstić information content (AvgIpc) is 3.40. The minimum atomic E-state index is -0.774. The van der Waals surface area contributed by atoms with E-state index in [9.17, 15) is 14.4 Å². The van der Waals surface area contributed by atoms with E-state index < -0.39 is 6.10 Å². The lowest BCUT2D eigenvalue weighted by Crippen LogP contribution is -2.30. The molecule has 0 aromatic rings. The molecule has 6 heteroatoms. The zero-order valence-corrected chi connectivity index (χ0v) is 48.8. The van der Waals surface area contributed by atoms with Gasteiger partial charge in [0.15, 0.2) is 6.10 Å². The monoisotopic (exact) mass is 1030 g/mol. The highest BCUT2D eigenvalue weighted by molar-refractivity contribution is 5.71. The van der Waals surface area contributed by atoms with E-state index in [0.717, 1.165) is 96.3 Å². The van der Waals surface area contributed by atoms with Gasteiger partial charge in [-0.1, -0.05) is 279 Å². The van der Waals surface area contributed by atoms with Gasteiger partial charge in [0, 0.05) is 19.3 Å². The third-order valence-corrected chi connectivity index (χ3v) is 13.6. The van der Waals surface area contributed by atoms with Gasteiger partial charge in [0.25, 0.3) is 0 Å². The first-order valence-electron chi connectivity index (χ1n) is 31.6. The first-order chi connectivity index (χ1) is 36.5. The first-order valence-corrected chi connectivity index (χ1v) is 31.6. The summed E-state index contributed by atoms with van der Waals surface area (Å²) in [6, 6.07) is 0. The molecule has 6 nitrogen and oxygen atoms in total. The van der Waals surface area contributed by atoms with Crippen molar-refractivity contribution in [2.75, 3.05) is 13.2 Å². The standard InChI is InChI=1S/C68H118O6/c1-4-7-10-13-16-18-20-22-24-26-28-29-30-31-32-33-34-35-36-37-38-39-41-42-44-46-48-50-52-55-58-61-67(70)73-64-65(63-72-66(69)60-57-54-15-12-9-6-3)74-68(71)62-59-56-53-51-49-47-45-43-40-27-25-23-21-19-17-14-11-8-5-2/h7,10,16-19,22-25,28-29,31-32,65H,4-6,8-9,11-15,20-21,26-27,30,33-64H2,1-3H3/b10-7-,18-16-,19-17-,24-22-,25-23-,29-28-,32-31-. The summed E-state index contributed by atoms with van der Waals surface area (Å²) in [5.74, 6) is -0.879. The fraction of sp³-hybridized carbons (Fsp3) is 0.750. The summed E-state index contributed by atoms with van der Waals surface area (Å²) in [6.45, 7) is 6.46. The van der Waals surface area contributed by atoms with Crippen molar-refractivity contribution >= 4 is 17.9 Å². The molecule has 0 amide bonds. The lowest BCUT2D eigenvalue weighted by atomic mass is 10.0. The lowest BCUT2D eigenvalue weighted by molar-refractivity contribution is -0.167. The van der Waals surface area contributed by atoms with E-state index in [1.165, 1.54) is 173 Å². The Hall–Kier alpha value is -3.41. The normalized spacial score (nSPS) is 12.6. The Morgan fingerprint density at radius 3 is 0.851 bits per heavy atom. The zero-order valence-electron chi connectivity index (χ0n) is 48.8. The third kappa shape index (κ3) is 59.5. The molecule has 0 aromatic carbocycles. The summed E-state index contributed by atoms with van der Waals surface area (Å²) in [6.07, 6.45) is 82.0. The van der Waals surface area contributed by atoms with E-state index in [0.29, 0.717) is 19.3 Å². The predicted molar refractivity (Wildman–Crippen MR) is 321 cm³/mol. The molecule has 0 radical (unpaired) electrons. The van der Waals surface area contributed by atoms with Crippen LogP contribution in [0, 0.1) is 0 Å². The molecule has 0 N–H and O–H groups in total. The fourth-order valence-electron chi connectivity index (χ4n) is 8.91. The molecule has 0 aromatic heterocycles. The van der Waals surface area contributed by atoms with Crippen LogP contribution in [0.1, 0.15) is 310 Å². The van der Waals surface area contributed by atoms with Gasteiger partial charge in [0.1, 0.15) is 13.2 Å². The Balaban J connectivity index is 4.04. The Bertz CT molecular complexity index is 1420. The van der Waals surface area contributed by atoms with Gasteiger partial charge >= 0.3 is 17.9 Å². The highest BCUT2D eigenvalue weighted by Crippen LogP contribution is 2.16. The van der Waals surface area contributed by atoms with Gasteiger partial charge in [-0.15, -0.1) is 0 Å². The van der Waals surface area contributed by atoms with Crippen molar-refractivity contribution in [3.8, 4) is 0 Å². The van der Waals surface area contributed by atoms with Crippen LogP contribution in [0.3, 0.4) is 0 Å². The summed E-state index contributed by atoms with van der Waals surface area (Å²) in [7, 11) is 0. The maximum atomic E-state index is 12.8. The highest BCUT2D eigenvalue weighted by Gasteiger charge is 2.19. The molecule has 0 aliphatic carbocycles. The summed E-state index contributed by atoms with van der Waals surface area (Å²) >= 11 is 0. The lowest BCUT2D eigenvalue weighted by Gasteiger charge is -2.18. The van der Waals surface area contributed by atoms with E-state index in [1.807, 2.05) is 0 Å². The van der Waals surface area contributed by atoms with Crippen LogP contribution in [0.5, 0.6) is 0 Å². The number of esters is 3. The quantitative estimate of drug-likeness (QED) is 0.0261.